The van der Waals surface area contributed by atoms with Crippen molar-refractivity contribution in [2.75, 3.05) is 6.54 Å². The summed E-state index contributed by atoms with van der Waals surface area (Å²) in [5, 5.41) is 10.7. The van der Waals surface area contributed by atoms with E-state index in [-0.39, 0.29) is 12.5 Å². The van der Waals surface area contributed by atoms with E-state index in [0.29, 0.717) is 11.3 Å². The molecule has 1 N–H and O–H groups in total. The van der Waals surface area contributed by atoms with Crippen molar-refractivity contribution in [3.63, 3.8) is 0 Å². The number of rotatable bonds is 2. The summed E-state index contributed by atoms with van der Waals surface area (Å²) >= 11 is 0. The third kappa shape index (κ3) is 1.88. The van der Waals surface area contributed by atoms with Gasteiger partial charge in [-0.05, 0) is 13.8 Å². The Labute approximate surface area is 76.2 Å². The average molecular weight is 178 g/mol. The van der Waals surface area contributed by atoms with Gasteiger partial charge in [-0.25, -0.2) is 0 Å². The fourth-order valence-electron chi connectivity index (χ4n) is 1.12. The maximum absolute atomic E-state index is 11.4. The number of hydrogen-bond donors (Lipinski definition) is 1. The van der Waals surface area contributed by atoms with Crippen molar-refractivity contribution in [2.45, 2.75) is 13.8 Å². The SMILES string of the molecule is Cc1coc(C)c1C(=O)NCC#N. The molecule has 1 heterocycles. The van der Waals surface area contributed by atoms with Crippen LogP contribution in [0, 0.1) is 25.2 Å². The number of hydrogen-bond acceptors (Lipinski definition) is 3. The van der Waals surface area contributed by atoms with Gasteiger partial charge < -0.3 is 9.73 Å². The Hall–Kier alpha value is -1.76. The van der Waals surface area contributed by atoms with E-state index < -0.39 is 0 Å². The van der Waals surface area contributed by atoms with E-state index in [1.54, 1.807) is 13.8 Å². The number of amides is 1. The second kappa shape index (κ2) is 3.76. The van der Waals surface area contributed by atoms with E-state index in [1.165, 1.54) is 6.26 Å². The molecule has 0 bridgehead atoms. The molecule has 0 spiro atoms. The van der Waals surface area contributed by atoms with Gasteiger partial charge in [0.1, 0.15) is 12.3 Å². The number of nitrogens with zero attached hydrogens (tertiary/aromatic N) is 1. The first-order chi connectivity index (χ1) is 6.16. The Balaban J connectivity index is 2.83. The maximum Gasteiger partial charge on any atom is 0.255 e. The molecule has 0 aromatic carbocycles. The minimum Gasteiger partial charge on any atom is -0.469 e. The van der Waals surface area contributed by atoms with Gasteiger partial charge in [0.15, 0.2) is 0 Å². The Kier molecular flexibility index (Phi) is 2.70. The smallest absolute Gasteiger partial charge is 0.255 e. The number of carbonyl (C=O) groups is 1. The molecule has 0 unspecified atom stereocenters. The van der Waals surface area contributed by atoms with Gasteiger partial charge in [0.25, 0.3) is 5.91 Å². The molecule has 0 aliphatic rings. The monoisotopic (exact) mass is 178 g/mol. The van der Waals surface area contributed by atoms with Crippen molar-refractivity contribution in [1.29, 1.82) is 5.26 Å². The van der Waals surface area contributed by atoms with Gasteiger partial charge in [-0.15, -0.1) is 0 Å². The van der Waals surface area contributed by atoms with Crippen molar-refractivity contribution in [3.05, 3.63) is 23.2 Å². The molecule has 68 valence electrons. The Morgan fingerprint density at radius 3 is 2.85 bits per heavy atom. The van der Waals surface area contributed by atoms with E-state index in [0.717, 1.165) is 5.56 Å². The van der Waals surface area contributed by atoms with Crippen LogP contribution in [0.1, 0.15) is 21.7 Å². The van der Waals surface area contributed by atoms with E-state index in [9.17, 15) is 4.79 Å². The van der Waals surface area contributed by atoms with Crippen LogP contribution in [0.25, 0.3) is 0 Å². The molecule has 0 saturated heterocycles. The molecule has 0 aliphatic heterocycles. The zero-order valence-corrected chi connectivity index (χ0v) is 7.55. The molecule has 1 amide bonds. The van der Waals surface area contributed by atoms with Crippen LogP contribution in [-0.4, -0.2) is 12.5 Å². The lowest BCUT2D eigenvalue weighted by molar-refractivity contribution is 0.0956. The summed E-state index contributed by atoms with van der Waals surface area (Å²) in [6.07, 6.45) is 1.52. The first-order valence-corrected chi connectivity index (χ1v) is 3.86. The molecular weight excluding hydrogens is 168 g/mol. The van der Waals surface area contributed by atoms with Crippen LogP contribution >= 0.6 is 0 Å². The molecule has 4 heteroatoms. The van der Waals surface area contributed by atoms with Gasteiger partial charge in [-0.1, -0.05) is 0 Å². The fraction of sp³-hybridized carbons (Fsp3) is 0.333. The second-order valence-corrected chi connectivity index (χ2v) is 2.69. The van der Waals surface area contributed by atoms with Crippen LogP contribution in [0.2, 0.25) is 0 Å². The number of carbonyl (C=O) groups excluding carboxylic acids is 1. The molecular formula is C9H10N2O2. The van der Waals surface area contributed by atoms with Crippen molar-refractivity contribution < 1.29 is 9.21 Å². The standard InChI is InChI=1S/C9H10N2O2/c1-6-5-13-7(2)8(6)9(12)11-4-3-10/h5H,4H2,1-2H3,(H,11,12). The molecule has 4 nitrogen and oxygen atoms in total. The molecule has 0 fully saturated rings. The maximum atomic E-state index is 11.4. The highest BCUT2D eigenvalue weighted by molar-refractivity contribution is 5.96. The molecule has 0 saturated carbocycles. The normalized spacial score (nSPS) is 9.31. The molecule has 0 atom stereocenters. The third-order valence-electron chi connectivity index (χ3n) is 1.71. The topological polar surface area (TPSA) is 66.0 Å². The minimum absolute atomic E-state index is 0.0168. The fourth-order valence-corrected chi connectivity index (χ4v) is 1.12. The first-order valence-electron chi connectivity index (χ1n) is 3.86. The molecule has 1 aromatic rings. The van der Waals surface area contributed by atoms with E-state index >= 15 is 0 Å². The largest absolute Gasteiger partial charge is 0.469 e. The van der Waals surface area contributed by atoms with Crippen molar-refractivity contribution >= 4 is 5.91 Å². The van der Waals surface area contributed by atoms with Gasteiger partial charge in [0.05, 0.1) is 17.9 Å². The Morgan fingerprint density at radius 2 is 2.38 bits per heavy atom. The summed E-state index contributed by atoms with van der Waals surface area (Å²) in [7, 11) is 0. The predicted octanol–water partition coefficient (Wildman–Crippen LogP) is 1.15. The van der Waals surface area contributed by atoms with Gasteiger partial charge in [0.2, 0.25) is 0 Å². The lowest BCUT2D eigenvalue weighted by Crippen LogP contribution is -2.24. The first kappa shape index (κ1) is 9.33. The molecule has 0 radical (unpaired) electrons. The number of nitrogens with one attached hydrogen (secondary N) is 1. The zero-order valence-electron chi connectivity index (χ0n) is 7.55. The summed E-state index contributed by atoms with van der Waals surface area (Å²) in [5.41, 5.74) is 1.31. The van der Waals surface area contributed by atoms with Gasteiger partial charge in [0, 0.05) is 5.56 Å². The third-order valence-corrected chi connectivity index (χ3v) is 1.71. The van der Waals surface area contributed by atoms with Crippen LogP contribution < -0.4 is 5.32 Å². The van der Waals surface area contributed by atoms with E-state index in [1.807, 2.05) is 6.07 Å². The summed E-state index contributed by atoms with van der Waals surface area (Å²) < 4.78 is 5.05. The minimum atomic E-state index is -0.259. The Bertz CT molecular complexity index is 341. The van der Waals surface area contributed by atoms with Crippen molar-refractivity contribution in [3.8, 4) is 6.07 Å². The summed E-state index contributed by atoms with van der Waals surface area (Å²) in [6.45, 7) is 3.52. The zero-order chi connectivity index (χ0) is 9.84. The number of furan rings is 1. The predicted molar refractivity (Wildman–Crippen MR) is 46.1 cm³/mol. The molecule has 1 rings (SSSR count). The quantitative estimate of drug-likeness (QED) is 0.691. The van der Waals surface area contributed by atoms with Crippen molar-refractivity contribution in [1.82, 2.24) is 5.32 Å². The van der Waals surface area contributed by atoms with Gasteiger partial charge in [-0.3, -0.25) is 4.79 Å². The van der Waals surface area contributed by atoms with Crippen molar-refractivity contribution in [2.24, 2.45) is 0 Å². The van der Waals surface area contributed by atoms with E-state index in [2.05, 4.69) is 5.32 Å². The second-order valence-electron chi connectivity index (χ2n) is 2.69. The van der Waals surface area contributed by atoms with E-state index in [4.69, 9.17) is 9.68 Å². The van der Waals surface area contributed by atoms with Crippen LogP contribution in [-0.2, 0) is 0 Å². The van der Waals surface area contributed by atoms with Crippen LogP contribution in [0.3, 0.4) is 0 Å². The van der Waals surface area contributed by atoms with Gasteiger partial charge in [-0.2, -0.15) is 5.26 Å². The number of nitriles is 1. The van der Waals surface area contributed by atoms with Crippen LogP contribution in [0.4, 0.5) is 0 Å². The summed E-state index contributed by atoms with van der Waals surface area (Å²) in [6, 6.07) is 1.84. The summed E-state index contributed by atoms with van der Waals surface area (Å²) in [5.74, 6) is 0.318. The van der Waals surface area contributed by atoms with Crippen LogP contribution in [0.15, 0.2) is 10.7 Å². The average Bonchev–Trinajstić information content (AvgIpc) is 2.42. The van der Waals surface area contributed by atoms with Gasteiger partial charge >= 0.3 is 0 Å². The lowest BCUT2D eigenvalue weighted by atomic mass is 10.1. The highest BCUT2D eigenvalue weighted by Gasteiger charge is 2.14. The number of aryl methyl sites for hydroxylation is 2. The molecule has 0 aliphatic carbocycles. The van der Waals surface area contributed by atoms with Crippen LogP contribution in [0.5, 0.6) is 0 Å². The highest BCUT2D eigenvalue weighted by Crippen LogP contribution is 2.14. The molecule has 1 aromatic heterocycles. The lowest BCUT2D eigenvalue weighted by Gasteiger charge is -1.99. The highest BCUT2D eigenvalue weighted by atomic mass is 16.3. The summed E-state index contributed by atoms with van der Waals surface area (Å²) in [4.78, 5) is 11.4. The molecule has 13 heavy (non-hydrogen) atoms. The Morgan fingerprint density at radius 1 is 1.69 bits per heavy atom.